The first-order valence-electron chi connectivity index (χ1n) is 11.0. The van der Waals surface area contributed by atoms with Crippen molar-refractivity contribution < 1.29 is 16.8 Å². The molecule has 0 aliphatic carbocycles. The van der Waals surface area contributed by atoms with Crippen LogP contribution in [-0.4, -0.2) is 21.4 Å². The normalized spacial score (nSPS) is 12.5. The fourth-order valence-corrected chi connectivity index (χ4v) is 9.04. The zero-order valence-electron chi connectivity index (χ0n) is 18.8. The van der Waals surface area contributed by atoms with E-state index < -0.39 is 29.7 Å². The number of hydrogen-bond donors (Lipinski definition) is 0. The first kappa shape index (κ1) is 23.9. The molecular weight excluding hydrogens is 464 g/mol. The first-order chi connectivity index (χ1) is 16.3. The Hall–Kier alpha value is -3.22. The van der Waals surface area contributed by atoms with Crippen molar-refractivity contribution >= 4 is 19.7 Å². The Balaban J connectivity index is 1.95. The molecule has 0 aliphatic heterocycles. The highest BCUT2D eigenvalue weighted by Crippen LogP contribution is 2.41. The highest BCUT2D eigenvalue weighted by molar-refractivity contribution is 8.09. The van der Waals surface area contributed by atoms with Crippen molar-refractivity contribution in [2.75, 3.05) is 0 Å². The molecule has 6 heteroatoms. The van der Waals surface area contributed by atoms with Crippen molar-refractivity contribution in [3.8, 4) is 0 Å². The van der Waals surface area contributed by atoms with Gasteiger partial charge in [0.05, 0.1) is 9.79 Å². The summed E-state index contributed by atoms with van der Waals surface area (Å²) in [6, 6.07) is 34.5. The maximum atomic E-state index is 13.9. The molecule has 4 nitrogen and oxygen atoms in total. The number of hydrogen-bond acceptors (Lipinski definition) is 4. The van der Waals surface area contributed by atoms with Crippen LogP contribution in [0.1, 0.15) is 24.5 Å². The van der Waals surface area contributed by atoms with Gasteiger partial charge >= 0.3 is 0 Å². The monoisotopic (exact) mass is 490 g/mol. The van der Waals surface area contributed by atoms with Gasteiger partial charge < -0.3 is 0 Å². The van der Waals surface area contributed by atoms with Crippen LogP contribution in [0.3, 0.4) is 0 Å². The third-order valence-electron chi connectivity index (χ3n) is 6.23. The zero-order chi connectivity index (χ0) is 24.2. The summed E-state index contributed by atoms with van der Waals surface area (Å²) in [7, 11) is -8.49. The fourth-order valence-electron chi connectivity index (χ4n) is 4.26. The standard InChI is InChI=1S/C28H26O4S2/c1-28(23-14-6-2-7-15-23,24-16-8-3-9-17-24)22-27(33(29,30)25-18-10-4-11-19-25)34(31,32)26-20-12-5-13-21-26/h2-21,27H,22H2,1H3. The first-order valence-corrected chi connectivity index (χ1v) is 14.0. The smallest absolute Gasteiger partial charge is 0.195 e. The van der Waals surface area contributed by atoms with Gasteiger partial charge in [-0.05, 0) is 41.8 Å². The van der Waals surface area contributed by atoms with E-state index >= 15 is 0 Å². The summed E-state index contributed by atoms with van der Waals surface area (Å²) in [6.45, 7) is 1.91. The summed E-state index contributed by atoms with van der Waals surface area (Å²) < 4.78 is 54.0. The number of sulfone groups is 2. The SMILES string of the molecule is CC(CC(S(=O)(=O)c1ccccc1)S(=O)(=O)c1ccccc1)(c1ccccc1)c1ccccc1. The summed E-state index contributed by atoms with van der Waals surface area (Å²) in [5.41, 5.74) is 0.812. The van der Waals surface area contributed by atoms with E-state index in [4.69, 9.17) is 0 Å². The van der Waals surface area contributed by atoms with Crippen molar-refractivity contribution in [1.29, 1.82) is 0 Å². The lowest BCUT2D eigenvalue weighted by molar-refractivity contribution is 0.507. The van der Waals surface area contributed by atoms with Crippen LogP contribution in [0.25, 0.3) is 0 Å². The Bertz CT molecular complexity index is 1330. The van der Waals surface area contributed by atoms with Crippen molar-refractivity contribution in [2.45, 2.75) is 33.1 Å². The maximum Gasteiger partial charge on any atom is 0.195 e. The molecule has 0 aromatic heterocycles. The Morgan fingerprint density at radius 2 is 0.824 bits per heavy atom. The van der Waals surface area contributed by atoms with E-state index in [2.05, 4.69) is 0 Å². The number of rotatable bonds is 8. The molecule has 0 fully saturated rings. The summed E-state index contributed by atoms with van der Waals surface area (Å²) >= 11 is 0. The predicted octanol–water partition coefficient (Wildman–Crippen LogP) is 5.66. The van der Waals surface area contributed by atoms with Gasteiger partial charge in [-0.25, -0.2) is 16.8 Å². The summed E-state index contributed by atoms with van der Waals surface area (Å²) in [5, 5.41) is 0. The average molecular weight is 491 g/mol. The van der Waals surface area contributed by atoms with Crippen LogP contribution in [0, 0.1) is 0 Å². The molecule has 0 saturated heterocycles. The zero-order valence-corrected chi connectivity index (χ0v) is 20.4. The second-order valence-corrected chi connectivity index (χ2v) is 13.0. The molecule has 174 valence electrons. The second-order valence-electron chi connectivity index (χ2n) is 8.41. The molecule has 0 bridgehead atoms. The van der Waals surface area contributed by atoms with E-state index in [0.29, 0.717) is 0 Å². The molecule has 4 rings (SSSR count). The van der Waals surface area contributed by atoms with Crippen molar-refractivity contribution in [2.24, 2.45) is 0 Å². The van der Waals surface area contributed by atoms with Gasteiger partial charge in [-0.1, -0.05) is 104 Å². The van der Waals surface area contributed by atoms with Crippen LogP contribution in [-0.2, 0) is 25.1 Å². The van der Waals surface area contributed by atoms with Crippen molar-refractivity contribution in [3.63, 3.8) is 0 Å². The molecule has 0 spiro atoms. The quantitative estimate of drug-likeness (QED) is 0.320. The molecule has 0 saturated carbocycles. The molecule has 0 aliphatic rings. The summed E-state index contributed by atoms with van der Waals surface area (Å²) in [5.74, 6) is 0. The Kier molecular flexibility index (Phi) is 6.73. The molecule has 0 unspecified atom stereocenters. The van der Waals surface area contributed by atoms with Gasteiger partial charge in [0.25, 0.3) is 0 Å². The third kappa shape index (κ3) is 4.56. The molecule has 34 heavy (non-hydrogen) atoms. The van der Waals surface area contributed by atoms with E-state index in [9.17, 15) is 16.8 Å². The fraction of sp³-hybridized carbons (Fsp3) is 0.143. The van der Waals surface area contributed by atoms with E-state index in [1.807, 2.05) is 67.6 Å². The maximum absolute atomic E-state index is 13.9. The highest BCUT2D eigenvalue weighted by Gasteiger charge is 2.45. The van der Waals surface area contributed by atoms with Crippen LogP contribution >= 0.6 is 0 Å². The Labute approximate surface area is 201 Å². The summed E-state index contributed by atoms with van der Waals surface area (Å²) in [6.07, 6.45) is -0.143. The Morgan fingerprint density at radius 3 is 1.15 bits per heavy atom. The molecule has 0 amide bonds. The lowest BCUT2D eigenvalue weighted by Gasteiger charge is -2.34. The lowest BCUT2D eigenvalue weighted by Crippen LogP contribution is -2.38. The van der Waals surface area contributed by atoms with Crippen LogP contribution in [0.5, 0.6) is 0 Å². The Morgan fingerprint density at radius 1 is 0.529 bits per heavy atom. The lowest BCUT2D eigenvalue weighted by atomic mass is 9.74. The van der Waals surface area contributed by atoms with Crippen LogP contribution < -0.4 is 0 Å². The van der Waals surface area contributed by atoms with Gasteiger partial charge in [0.1, 0.15) is 0 Å². The average Bonchev–Trinajstić information content (AvgIpc) is 2.89. The van der Waals surface area contributed by atoms with Gasteiger partial charge in [-0.15, -0.1) is 0 Å². The van der Waals surface area contributed by atoms with Crippen molar-refractivity contribution in [1.82, 2.24) is 0 Å². The van der Waals surface area contributed by atoms with Crippen molar-refractivity contribution in [3.05, 3.63) is 132 Å². The molecular formula is C28H26O4S2. The second kappa shape index (κ2) is 9.57. The van der Waals surface area contributed by atoms with E-state index in [0.717, 1.165) is 11.1 Å². The van der Waals surface area contributed by atoms with E-state index in [1.54, 1.807) is 36.4 Å². The van der Waals surface area contributed by atoms with Gasteiger partial charge in [0.15, 0.2) is 24.3 Å². The molecule has 4 aromatic rings. The number of benzene rings is 4. The van der Waals surface area contributed by atoms with E-state index in [1.165, 1.54) is 24.3 Å². The van der Waals surface area contributed by atoms with E-state index in [-0.39, 0.29) is 16.2 Å². The molecule has 0 N–H and O–H groups in total. The highest BCUT2D eigenvalue weighted by atomic mass is 32.3. The van der Waals surface area contributed by atoms with Gasteiger partial charge in [0.2, 0.25) is 0 Å². The molecule has 4 aromatic carbocycles. The van der Waals surface area contributed by atoms with Gasteiger partial charge in [0, 0.05) is 5.41 Å². The molecule has 0 radical (unpaired) electrons. The minimum absolute atomic E-state index is 0.0111. The minimum Gasteiger partial charge on any atom is -0.222 e. The molecule has 0 heterocycles. The topological polar surface area (TPSA) is 68.3 Å². The van der Waals surface area contributed by atoms with Crippen LogP contribution in [0.4, 0.5) is 0 Å². The van der Waals surface area contributed by atoms with Crippen LogP contribution in [0.15, 0.2) is 131 Å². The van der Waals surface area contributed by atoms with Gasteiger partial charge in [-0.3, -0.25) is 0 Å². The minimum atomic E-state index is -4.24. The third-order valence-corrected chi connectivity index (χ3v) is 11.3. The molecule has 0 atom stereocenters. The predicted molar refractivity (Wildman–Crippen MR) is 135 cm³/mol. The van der Waals surface area contributed by atoms with Crippen LogP contribution in [0.2, 0.25) is 0 Å². The summed E-state index contributed by atoms with van der Waals surface area (Å²) in [4.78, 5) is -0.0223. The van der Waals surface area contributed by atoms with Gasteiger partial charge in [-0.2, -0.15) is 0 Å². The largest absolute Gasteiger partial charge is 0.222 e.